The van der Waals surface area contributed by atoms with E-state index in [2.05, 4.69) is 20.9 Å². The molecule has 0 spiro atoms. The first-order chi connectivity index (χ1) is 12.3. The Morgan fingerprint density at radius 1 is 1.04 bits per heavy atom. The summed E-state index contributed by atoms with van der Waals surface area (Å²) in [7, 11) is 0. The highest BCUT2D eigenvalue weighted by Gasteiger charge is 2.47. The zero-order valence-electron chi connectivity index (χ0n) is 14.8. The average molecular weight is 397 g/mol. The van der Waals surface area contributed by atoms with E-state index >= 15 is 0 Å². The summed E-state index contributed by atoms with van der Waals surface area (Å²) in [6.45, 7) is 1.86. The van der Waals surface area contributed by atoms with Gasteiger partial charge in [-0.2, -0.15) is 0 Å². The Morgan fingerprint density at radius 3 is 2.54 bits per heavy atom. The van der Waals surface area contributed by atoms with Crippen molar-refractivity contribution in [3.8, 4) is 11.8 Å². The lowest BCUT2D eigenvalue weighted by molar-refractivity contribution is 0.0687. The molecule has 2 fully saturated rings. The minimum atomic E-state index is -0.00265. The van der Waals surface area contributed by atoms with Crippen LogP contribution in [0.5, 0.6) is 11.8 Å². The fraction of sp³-hybridized carbons (Fsp3) is 0.579. The number of rotatable bonds is 9. The van der Waals surface area contributed by atoms with Crippen molar-refractivity contribution in [2.75, 3.05) is 13.2 Å². The SMILES string of the molecule is Cl.c1ccc(COCCCOc2nsnc2O[C@]23CC[C@@H](CC2)C3)cc1. The molecule has 142 valence electrons. The molecule has 7 heteroatoms. The Bertz CT molecular complexity index is 674. The molecule has 1 heterocycles. The zero-order valence-corrected chi connectivity index (χ0v) is 16.4. The van der Waals surface area contributed by atoms with E-state index in [9.17, 15) is 0 Å². The van der Waals surface area contributed by atoms with Crippen LogP contribution in [-0.4, -0.2) is 27.6 Å². The van der Waals surface area contributed by atoms with Gasteiger partial charge in [-0.3, -0.25) is 0 Å². The van der Waals surface area contributed by atoms with Crippen molar-refractivity contribution < 1.29 is 14.2 Å². The maximum atomic E-state index is 6.24. The molecule has 1 aromatic heterocycles. The van der Waals surface area contributed by atoms with E-state index < -0.39 is 0 Å². The predicted octanol–water partition coefficient (Wildman–Crippen LogP) is 4.66. The van der Waals surface area contributed by atoms with Gasteiger partial charge in [0.2, 0.25) is 0 Å². The lowest BCUT2D eigenvalue weighted by Gasteiger charge is -2.26. The topological polar surface area (TPSA) is 53.5 Å². The molecule has 0 saturated heterocycles. The summed E-state index contributed by atoms with van der Waals surface area (Å²) in [5.41, 5.74) is 1.19. The molecule has 0 unspecified atom stereocenters. The van der Waals surface area contributed by atoms with Crippen LogP contribution in [0.1, 0.15) is 44.1 Å². The Labute approximate surface area is 164 Å². The second kappa shape index (κ2) is 9.02. The summed E-state index contributed by atoms with van der Waals surface area (Å²) in [5.74, 6) is 1.97. The van der Waals surface area contributed by atoms with Crippen molar-refractivity contribution >= 4 is 24.1 Å². The lowest BCUT2D eigenvalue weighted by Crippen LogP contribution is -2.30. The standard InChI is InChI=1S/C19H24N2O3S.ClH/c1-2-5-16(6-3-1)14-22-11-4-12-23-17-18(21-25-20-17)24-19-9-7-15(13-19)8-10-19;/h1-3,5-6,15H,4,7-14H2;1H/t15-,19+;. The highest BCUT2D eigenvalue weighted by Crippen LogP contribution is 2.50. The van der Waals surface area contributed by atoms with Crippen LogP contribution in [0.15, 0.2) is 30.3 Å². The Kier molecular flexibility index (Phi) is 6.73. The largest absolute Gasteiger partial charge is 0.473 e. The third kappa shape index (κ3) is 4.67. The summed E-state index contributed by atoms with van der Waals surface area (Å²) < 4.78 is 26.2. The van der Waals surface area contributed by atoms with Crippen LogP contribution in [0.2, 0.25) is 0 Å². The molecule has 2 aliphatic carbocycles. The number of hydrogen-bond acceptors (Lipinski definition) is 6. The van der Waals surface area contributed by atoms with Gasteiger partial charge in [-0.25, -0.2) is 0 Å². The fourth-order valence-corrected chi connectivity index (χ4v) is 4.34. The van der Waals surface area contributed by atoms with E-state index in [1.165, 1.54) is 18.4 Å². The monoisotopic (exact) mass is 396 g/mol. The van der Waals surface area contributed by atoms with Crippen LogP contribution in [0.4, 0.5) is 0 Å². The van der Waals surface area contributed by atoms with E-state index in [0.29, 0.717) is 31.6 Å². The summed E-state index contributed by atoms with van der Waals surface area (Å²) in [4.78, 5) is 0. The Morgan fingerprint density at radius 2 is 1.81 bits per heavy atom. The van der Waals surface area contributed by atoms with E-state index in [0.717, 1.165) is 43.3 Å². The number of nitrogens with zero attached hydrogens (tertiary/aromatic N) is 2. The van der Waals surface area contributed by atoms with Crippen LogP contribution in [0.25, 0.3) is 0 Å². The van der Waals surface area contributed by atoms with Crippen molar-refractivity contribution in [1.29, 1.82) is 0 Å². The van der Waals surface area contributed by atoms with Crippen molar-refractivity contribution in [3.63, 3.8) is 0 Å². The summed E-state index contributed by atoms with van der Waals surface area (Å²) >= 11 is 1.16. The molecule has 4 rings (SSSR count). The smallest absolute Gasteiger partial charge is 0.291 e. The minimum Gasteiger partial charge on any atom is -0.473 e. The first-order valence-corrected chi connectivity index (χ1v) is 9.82. The Hall–Kier alpha value is -1.37. The molecule has 0 N–H and O–H groups in total. The molecule has 0 aliphatic heterocycles. The van der Waals surface area contributed by atoms with E-state index in [4.69, 9.17) is 14.2 Å². The number of hydrogen-bond donors (Lipinski definition) is 0. The number of ether oxygens (including phenoxy) is 3. The van der Waals surface area contributed by atoms with Gasteiger partial charge in [0.1, 0.15) is 5.60 Å². The van der Waals surface area contributed by atoms with E-state index in [1.54, 1.807) is 0 Å². The summed E-state index contributed by atoms with van der Waals surface area (Å²) in [6.07, 6.45) is 6.83. The Balaban J connectivity index is 0.00000196. The van der Waals surface area contributed by atoms with Crippen LogP contribution < -0.4 is 9.47 Å². The molecule has 2 aliphatic rings. The van der Waals surface area contributed by atoms with Gasteiger partial charge < -0.3 is 14.2 Å². The first-order valence-electron chi connectivity index (χ1n) is 9.09. The molecular formula is C19H25ClN2O3S. The second-order valence-corrected chi connectivity index (χ2v) is 7.58. The van der Waals surface area contributed by atoms with Crippen molar-refractivity contribution in [2.24, 2.45) is 5.92 Å². The predicted molar refractivity (Wildman–Crippen MR) is 103 cm³/mol. The number of benzene rings is 1. The third-order valence-corrected chi connectivity index (χ3v) is 5.70. The summed E-state index contributed by atoms with van der Waals surface area (Å²) in [6, 6.07) is 10.2. The van der Waals surface area contributed by atoms with Crippen LogP contribution in [0, 0.1) is 5.92 Å². The van der Waals surface area contributed by atoms with Crippen molar-refractivity contribution in [2.45, 2.75) is 50.7 Å². The molecule has 2 bridgehead atoms. The molecule has 1 aromatic carbocycles. The molecule has 5 nitrogen and oxygen atoms in total. The third-order valence-electron chi connectivity index (χ3n) is 5.20. The van der Waals surface area contributed by atoms with Gasteiger partial charge in [-0.05, 0) is 43.6 Å². The molecule has 0 amide bonds. The fourth-order valence-electron chi connectivity index (χ4n) is 3.90. The zero-order chi connectivity index (χ0) is 17.0. The molecule has 0 radical (unpaired) electrons. The maximum Gasteiger partial charge on any atom is 0.291 e. The van der Waals surface area contributed by atoms with Gasteiger partial charge in [-0.15, -0.1) is 21.2 Å². The van der Waals surface area contributed by atoms with E-state index in [-0.39, 0.29) is 18.0 Å². The molecule has 0 atom stereocenters. The van der Waals surface area contributed by atoms with Crippen LogP contribution >= 0.6 is 24.1 Å². The van der Waals surface area contributed by atoms with Gasteiger partial charge >= 0.3 is 0 Å². The molecular weight excluding hydrogens is 372 g/mol. The van der Waals surface area contributed by atoms with Gasteiger partial charge in [0.05, 0.1) is 31.5 Å². The van der Waals surface area contributed by atoms with Gasteiger partial charge in [-0.1, -0.05) is 30.3 Å². The van der Waals surface area contributed by atoms with Crippen molar-refractivity contribution in [3.05, 3.63) is 35.9 Å². The first kappa shape index (κ1) is 19.4. The van der Waals surface area contributed by atoms with Crippen LogP contribution in [0.3, 0.4) is 0 Å². The van der Waals surface area contributed by atoms with Crippen LogP contribution in [-0.2, 0) is 11.3 Å². The van der Waals surface area contributed by atoms with Gasteiger partial charge in [0, 0.05) is 6.42 Å². The maximum absolute atomic E-state index is 6.24. The molecule has 2 aromatic rings. The van der Waals surface area contributed by atoms with Gasteiger partial charge in [0.15, 0.2) is 0 Å². The highest BCUT2D eigenvalue weighted by atomic mass is 35.5. The van der Waals surface area contributed by atoms with Gasteiger partial charge in [0.25, 0.3) is 11.8 Å². The number of fused-ring (bicyclic) bond motifs is 2. The number of aromatic nitrogens is 2. The minimum absolute atomic E-state index is 0. The molecule has 2 saturated carbocycles. The average Bonchev–Trinajstić information content (AvgIpc) is 3.36. The lowest BCUT2D eigenvalue weighted by atomic mass is 9.97. The normalized spacial score (nSPS) is 23.6. The second-order valence-electron chi connectivity index (χ2n) is 7.05. The highest BCUT2D eigenvalue weighted by molar-refractivity contribution is 6.99. The number of halogens is 1. The van der Waals surface area contributed by atoms with Crippen molar-refractivity contribution in [1.82, 2.24) is 8.75 Å². The quantitative estimate of drug-likeness (QED) is 0.577. The molecule has 26 heavy (non-hydrogen) atoms. The summed E-state index contributed by atoms with van der Waals surface area (Å²) in [5, 5.41) is 0. The van der Waals surface area contributed by atoms with E-state index in [1.807, 2.05) is 18.2 Å².